The van der Waals surface area contributed by atoms with Gasteiger partial charge in [-0.3, -0.25) is 10.1 Å². The monoisotopic (exact) mass is 330 g/mol. The lowest BCUT2D eigenvalue weighted by Gasteiger charge is -2.21. The molecule has 0 spiro atoms. The number of nitrogens with zero attached hydrogens (tertiary/aromatic N) is 1. The molecule has 4 nitrogen and oxygen atoms in total. The number of non-ortho nitro benzene ring substituents is 1. The molecule has 0 bridgehead atoms. The number of hydrogen-bond donors (Lipinski definition) is 1. The van der Waals surface area contributed by atoms with Gasteiger partial charge in [0.1, 0.15) is 0 Å². The number of halogens is 1. The van der Waals surface area contributed by atoms with Crippen molar-refractivity contribution >= 4 is 34.0 Å². The van der Waals surface area contributed by atoms with Gasteiger partial charge in [-0.2, -0.15) is 0 Å². The minimum atomic E-state index is -0.476. The zero-order chi connectivity index (χ0) is 12.3. The van der Waals surface area contributed by atoms with Crippen LogP contribution in [0, 0.1) is 26.0 Å². The van der Waals surface area contributed by atoms with Gasteiger partial charge >= 0.3 is 0 Å². The van der Waals surface area contributed by atoms with Gasteiger partial charge in [-0.1, -0.05) is 5.92 Å². The minimum Gasteiger partial charge on any atom is -0.369 e. The molecule has 0 aliphatic heterocycles. The first-order chi connectivity index (χ1) is 7.35. The molecule has 1 N–H and O–H groups in total. The molecule has 0 unspecified atom stereocenters. The molecule has 0 saturated carbocycles. The van der Waals surface area contributed by atoms with Crippen molar-refractivity contribution in [3.63, 3.8) is 0 Å². The molecule has 1 aromatic rings. The average Bonchev–Trinajstić information content (AvgIpc) is 2.20. The molecule has 0 atom stereocenters. The topological polar surface area (TPSA) is 55.2 Å². The summed E-state index contributed by atoms with van der Waals surface area (Å²) in [5, 5.41) is 13.7. The van der Waals surface area contributed by atoms with Crippen molar-refractivity contribution in [1.29, 1.82) is 0 Å². The van der Waals surface area contributed by atoms with E-state index < -0.39 is 10.5 Å². The molecule has 0 saturated heterocycles. The maximum Gasteiger partial charge on any atom is 0.270 e. The molecule has 84 valence electrons. The predicted octanol–water partition coefficient (Wildman–Crippen LogP) is 3.02. The Kier molecular flexibility index (Phi) is 3.75. The number of benzene rings is 1. The molecule has 0 aliphatic rings. The van der Waals surface area contributed by atoms with E-state index in [1.807, 2.05) is 36.4 Å². The first-order valence-corrected chi connectivity index (χ1v) is 5.63. The summed E-state index contributed by atoms with van der Waals surface area (Å²) < 4.78 is 0.773. The molecule has 0 amide bonds. The Morgan fingerprint density at radius 2 is 2.19 bits per heavy atom. The Labute approximate surface area is 108 Å². The van der Waals surface area contributed by atoms with Crippen LogP contribution in [0.4, 0.5) is 11.4 Å². The number of nitro benzene ring substituents is 1. The third-order valence-corrected chi connectivity index (χ3v) is 2.86. The van der Waals surface area contributed by atoms with Crippen LogP contribution >= 0.6 is 22.6 Å². The standard InChI is InChI=1S/C11H11IN2O2/c1-4-11(2,3)13-10-6-5-8(14(15)16)7-9(10)12/h1,5-7,13H,2-3H3. The van der Waals surface area contributed by atoms with Crippen LogP contribution in [0.3, 0.4) is 0 Å². The molecular formula is C11H11IN2O2. The van der Waals surface area contributed by atoms with Crippen LogP contribution in [-0.4, -0.2) is 10.5 Å². The third-order valence-electron chi connectivity index (χ3n) is 1.97. The Hall–Kier alpha value is -1.29. The summed E-state index contributed by atoms with van der Waals surface area (Å²) in [6.07, 6.45) is 5.36. The van der Waals surface area contributed by atoms with Crippen LogP contribution in [-0.2, 0) is 0 Å². The third kappa shape index (κ3) is 3.10. The zero-order valence-corrected chi connectivity index (χ0v) is 11.1. The fraction of sp³-hybridized carbons (Fsp3) is 0.273. The SMILES string of the molecule is C#CC(C)(C)Nc1ccc([N+](=O)[O-])cc1I. The van der Waals surface area contributed by atoms with Gasteiger partial charge < -0.3 is 5.32 Å². The van der Waals surface area contributed by atoms with E-state index >= 15 is 0 Å². The van der Waals surface area contributed by atoms with Crippen molar-refractivity contribution in [2.45, 2.75) is 19.4 Å². The fourth-order valence-electron chi connectivity index (χ4n) is 1.09. The molecule has 0 aromatic heterocycles. The molecule has 0 heterocycles. The quantitative estimate of drug-likeness (QED) is 0.401. The Morgan fingerprint density at radius 3 is 2.62 bits per heavy atom. The Balaban J connectivity index is 3.02. The summed E-state index contributed by atoms with van der Waals surface area (Å²) in [5.74, 6) is 2.61. The zero-order valence-electron chi connectivity index (χ0n) is 8.95. The van der Waals surface area contributed by atoms with E-state index in [0.29, 0.717) is 0 Å². The predicted molar refractivity (Wildman–Crippen MR) is 72.3 cm³/mol. The van der Waals surface area contributed by atoms with Gasteiger partial charge in [0.15, 0.2) is 0 Å². The number of terminal acetylenes is 1. The van der Waals surface area contributed by atoms with Crippen LogP contribution in [0.25, 0.3) is 0 Å². The van der Waals surface area contributed by atoms with Crippen LogP contribution in [0.2, 0.25) is 0 Å². The lowest BCUT2D eigenvalue weighted by atomic mass is 10.1. The van der Waals surface area contributed by atoms with Gasteiger partial charge in [0.25, 0.3) is 5.69 Å². The van der Waals surface area contributed by atoms with Gasteiger partial charge in [-0.15, -0.1) is 6.42 Å². The lowest BCUT2D eigenvalue weighted by Crippen LogP contribution is -2.28. The summed E-state index contributed by atoms with van der Waals surface area (Å²) in [6, 6.07) is 4.63. The number of rotatable bonds is 3. The molecule has 16 heavy (non-hydrogen) atoms. The van der Waals surface area contributed by atoms with E-state index in [0.717, 1.165) is 9.26 Å². The van der Waals surface area contributed by atoms with Crippen molar-refractivity contribution in [2.75, 3.05) is 5.32 Å². The van der Waals surface area contributed by atoms with E-state index in [1.165, 1.54) is 12.1 Å². The first-order valence-electron chi connectivity index (χ1n) is 4.55. The maximum absolute atomic E-state index is 10.6. The Morgan fingerprint density at radius 1 is 1.56 bits per heavy atom. The summed E-state index contributed by atoms with van der Waals surface area (Å²) in [7, 11) is 0. The molecule has 5 heteroatoms. The van der Waals surface area contributed by atoms with Gasteiger partial charge in [-0.05, 0) is 42.5 Å². The van der Waals surface area contributed by atoms with Crippen molar-refractivity contribution in [1.82, 2.24) is 0 Å². The smallest absolute Gasteiger partial charge is 0.270 e. The van der Waals surface area contributed by atoms with Crippen molar-refractivity contribution < 1.29 is 4.92 Å². The van der Waals surface area contributed by atoms with Crippen molar-refractivity contribution in [3.05, 3.63) is 31.9 Å². The van der Waals surface area contributed by atoms with E-state index in [-0.39, 0.29) is 5.69 Å². The maximum atomic E-state index is 10.6. The Bertz CT molecular complexity index is 464. The second kappa shape index (κ2) is 4.70. The van der Waals surface area contributed by atoms with E-state index in [9.17, 15) is 10.1 Å². The summed E-state index contributed by atoms with van der Waals surface area (Å²) >= 11 is 2.04. The fourth-order valence-corrected chi connectivity index (χ4v) is 1.73. The molecule has 1 aromatic carbocycles. The van der Waals surface area contributed by atoms with Crippen molar-refractivity contribution in [3.8, 4) is 12.3 Å². The number of nitrogens with one attached hydrogen (secondary N) is 1. The molecule has 0 radical (unpaired) electrons. The van der Waals surface area contributed by atoms with E-state index in [4.69, 9.17) is 6.42 Å². The average molecular weight is 330 g/mol. The van der Waals surface area contributed by atoms with E-state index in [2.05, 4.69) is 11.2 Å². The van der Waals surface area contributed by atoms with Gasteiger partial charge in [0.05, 0.1) is 10.5 Å². The van der Waals surface area contributed by atoms with Gasteiger partial charge in [-0.25, -0.2) is 0 Å². The highest BCUT2D eigenvalue weighted by atomic mass is 127. The summed E-state index contributed by atoms with van der Waals surface area (Å²) in [4.78, 5) is 10.1. The van der Waals surface area contributed by atoms with Gasteiger partial charge in [0, 0.05) is 21.4 Å². The van der Waals surface area contributed by atoms with E-state index in [1.54, 1.807) is 6.07 Å². The lowest BCUT2D eigenvalue weighted by molar-refractivity contribution is -0.384. The minimum absolute atomic E-state index is 0.0773. The highest BCUT2D eigenvalue weighted by Crippen LogP contribution is 2.25. The van der Waals surface area contributed by atoms with Crippen LogP contribution < -0.4 is 5.32 Å². The number of hydrogen-bond acceptors (Lipinski definition) is 3. The van der Waals surface area contributed by atoms with Gasteiger partial charge in [0.2, 0.25) is 0 Å². The highest BCUT2D eigenvalue weighted by molar-refractivity contribution is 14.1. The second-order valence-electron chi connectivity index (χ2n) is 3.82. The number of nitro groups is 1. The van der Waals surface area contributed by atoms with Crippen LogP contribution in [0.5, 0.6) is 0 Å². The molecular weight excluding hydrogens is 319 g/mol. The summed E-state index contributed by atoms with van der Waals surface area (Å²) in [6.45, 7) is 3.73. The van der Waals surface area contributed by atoms with Crippen molar-refractivity contribution in [2.24, 2.45) is 0 Å². The molecule has 1 rings (SSSR count). The largest absolute Gasteiger partial charge is 0.369 e. The number of anilines is 1. The normalized spacial score (nSPS) is 10.6. The highest BCUT2D eigenvalue weighted by Gasteiger charge is 2.16. The summed E-state index contributed by atoms with van der Waals surface area (Å²) in [5.41, 5.74) is 0.401. The first kappa shape index (κ1) is 12.8. The van der Waals surface area contributed by atoms with Crippen LogP contribution in [0.1, 0.15) is 13.8 Å². The molecule has 0 fully saturated rings. The second-order valence-corrected chi connectivity index (χ2v) is 4.98. The molecule has 0 aliphatic carbocycles. The van der Waals surface area contributed by atoms with Crippen LogP contribution in [0.15, 0.2) is 18.2 Å².